The normalized spacial score (nSPS) is 11.6. The highest BCUT2D eigenvalue weighted by molar-refractivity contribution is 7.90. The van der Waals surface area contributed by atoms with E-state index in [-0.39, 0.29) is 10.8 Å². The zero-order valence-corrected chi connectivity index (χ0v) is 9.66. The highest BCUT2D eigenvalue weighted by Gasteiger charge is 2.16. The van der Waals surface area contributed by atoms with E-state index >= 15 is 0 Å². The summed E-state index contributed by atoms with van der Waals surface area (Å²) in [4.78, 5) is -0.351. The lowest BCUT2D eigenvalue weighted by Crippen LogP contribution is -2.00. The van der Waals surface area contributed by atoms with E-state index in [1.165, 1.54) is 18.3 Å². The van der Waals surface area contributed by atoms with Crippen LogP contribution < -0.4 is 5.73 Å². The van der Waals surface area contributed by atoms with Gasteiger partial charge in [-0.3, -0.25) is 0 Å². The van der Waals surface area contributed by atoms with Crippen LogP contribution in [-0.4, -0.2) is 19.8 Å². The summed E-state index contributed by atoms with van der Waals surface area (Å²) >= 11 is 0. The Labute approximate surface area is 96.9 Å². The third-order valence-corrected chi connectivity index (χ3v) is 3.37. The minimum absolute atomic E-state index is 0.0523. The first-order valence-corrected chi connectivity index (χ1v) is 6.49. The number of anilines is 1. The monoisotopic (exact) mass is 256 g/mol. The van der Waals surface area contributed by atoms with Crippen LogP contribution in [0, 0.1) is 5.82 Å². The van der Waals surface area contributed by atoms with Crippen LogP contribution in [-0.2, 0) is 9.84 Å². The predicted molar refractivity (Wildman–Crippen MR) is 59.4 cm³/mol. The van der Waals surface area contributed by atoms with E-state index in [9.17, 15) is 12.8 Å². The molecule has 0 atom stereocenters. The molecule has 0 aliphatic carbocycles. The smallest absolute Gasteiger partial charge is 0.229 e. The molecule has 0 aliphatic rings. The first-order valence-electron chi connectivity index (χ1n) is 4.59. The lowest BCUT2D eigenvalue weighted by atomic mass is 10.1. The molecule has 0 amide bonds. The number of nitrogens with two attached hydrogens (primary N) is 1. The average Bonchev–Trinajstić information content (AvgIpc) is 2.62. The lowest BCUT2D eigenvalue weighted by Gasteiger charge is -2.03. The molecule has 2 N–H and O–H groups in total. The molecular formula is C10H9FN2O3S. The first-order chi connectivity index (χ1) is 7.89. The van der Waals surface area contributed by atoms with Crippen molar-refractivity contribution in [3.63, 3.8) is 0 Å². The summed E-state index contributed by atoms with van der Waals surface area (Å²) in [6.07, 6.45) is 2.28. The van der Waals surface area contributed by atoms with Gasteiger partial charge in [-0.05, 0) is 17.7 Å². The fourth-order valence-electron chi connectivity index (χ4n) is 1.43. The van der Waals surface area contributed by atoms with Gasteiger partial charge in [0.05, 0.1) is 11.8 Å². The largest absolute Gasteiger partial charge is 0.367 e. The number of nitrogen functional groups attached to an aromatic ring is 1. The highest BCUT2D eigenvalue weighted by Crippen LogP contribution is 2.27. The van der Waals surface area contributed by atoms with Gasteiger partial charge in [0, 0.05) is 6.26 Å². The van der Waals surface area contributed by atoms with E-state index in [2.05, 4.69) is 9.68 Å². The SMILES string of the molecule is CS(=O)(=O)c1ccc(-c2cnoc2N)cc1F. The molecule has 2 rings (SSSR count). The molecular weight excluding hydrogens is 247 g/mol. The summed E-state index contributed by atoms with van der Waals surface area (Å²) in [6, 6.07) is 3.72. The number of sulfone groups is 1. The fraction of sp³-hybridized carbons (Fsp3) is 0.100. The molecule has 1 aromatic heterocycles. The van der Waals surface area contributed by atoms with E-state index in [1.54, 1.807) is 0 Å². The van der Waals surface area contributed by atoms with E-state index < -0.39 is 15.7 Å². The third-order valence-electron chi connectivity index (χ3n) is 2.24. The first kappa shape index (κ1) is 11.6. The number of aromatic nitrogens is 1. The standard InChI is InChI=1S/C10H9FN2O3S/c1-17(14,15)9-3-2-6(4-8(9)11)7-5-13-16-10(7)12/h2-5H,12H2,1H3. The molecule has 5 nitrogen and oxygen atoms in total. The van der Waals surface area contributed by atoms with E-state index in [0.29, 0.717) is 11.1 Å². The molecule has 2 aromatic rings. The summed E-state index contributed by atoms with van der Waals surface area (Å²) < 4.78 is 40.7. The van der Waals surface area contributed by atoms with Gasteiger partial charge >= 0.3 is 0 Å². The molecule has 1 aromatic carbocycles. The molecule has 0 saturated carbocycles. The highest BCUT2D eigenvalue weighted by atomic mass is 32.2. The second-order valence-corrected chi connectivity index (χ2v) is 5.51. The Morgan fingerprint density at radius 1 is 1.41 bits per heavy atom. The van der Waals surface area contributed by atoms with Crippen molar-refractivity contribution in [3.8, 4) is 11.1 Å². The predicted octanol–water partition coefficient (Wildman–Crippen LogP) is 1.47. The van der Waals surface area contributed by atoms with Crippen LogP contribution in [0.5, 0.6) is 0 Å². The van der Waals surface area contributed by atoms with Crippen LogP contribution in [0.4, 0.5) is 10.3 Å². The van der Waals surface area contributed by atoms with Crippen LogP contribution in [0.3, 0.4) is 0 Å². The molecule has 7 heteroatoms. The molecule has 0 bridgehead atoms. The van der Waals surface area contributed by atoms with Crippen molar-refractivity contribution >= 4 is 15.7 Å². The molecule has 17 heavy (non-hydrogen) atoms. The van der Waals surface area contributed by atoms with Crippen molar-refractivity contribution in [1.29, 1.82) is 0 Å². The zero-order valence-electron chi connectivity index (χ0n) is 8.84. The fourth-order valence-corrected chi connectivity index (χ4v) is 2.16. The lowest BCUT2D eigenvalue weighted by molar-refractivity contribution is 0.436. The van der Waals surface area contributed by atoms with Crippen molar-refractivity contribution in [1.82, 2.24) is 5.16 Å². The number of nitrogens with zero attached hydrogens (tertiary/aromatic N) is 1. The van der Waals surface area contributed by atoms with Crippen molar-refractivity contribution in [2.75, 3.05) is 12.0 Å². The van der Waals surface area contributed by atoms with E-state index in [4.69, 9.17) is 5.73 Å². The molecule has 0 aliphatic heterocycles. The van der Waals surface area contributed by atoms with Gasteiger partial charge in [0.25, 0.3) is 0 Å². The van der Waals surface area contributed by atoms with Gasteiger partial charge in [0.15, 0.2) is 9.84 Å². The third kappa shape index (κ3) is 2.14. The Bertz CT molecular complexity index is 664. The molecule has 1 heterocycles. The second kappa shape index (κ2) is 3.85. The maximum absolute atomic E-state index is 13.6. The summed E-state index contributed by atoms with van der Waals surface area (Å²) in [6.45, 7) is 0. The summed E-state index contributed by atoms with van der Waals surface area (Å²) in [7, 11) is -3.57. The van der Waals surface area contributed by atoms with Crippen LogP contribution in [0.25, 0.3) is 11.1 Å². The Kier molecular flexibility index (Phi) is 2.62. The van der Waals surface area contributed by atoms with Crippen molar-refractivity contribution in [3.05, 3.63) is 30.2 Å². The summed E-state index contributed by atoms with van der Waals surface area (Å²) in [5.74, 6) is -0.776. The zero-order chi connectivity index (χ0) is 12.6. The van der Waals surface area contributed by atoms with E-state index in [0.717, 1.165) is 12.3 Å². The summed E-state index contributed by atoms with van der Waals surface area (Å²) in [5.41, 5.74) is 6.31. The second-order valence-electron chi connectivity index (χ2n) is 3.52. The van der Waals surface area contributed by atoms with Crippen molar-refractivity contribution < 1.29 is 17.3 Å². The number of halogens is 1. The Balaban J connectivity index is 2.56. The van der Waals surface area contributed by atoms with Gasteiger partial charge in [0.1, 0.15) is 10.7 Å². The number of rotatable bonds is 2. The summed E-state index contributed by atoms with van der Waals surface area (Å²) in [5, 5.41) is 3.46. The molecule has 0 radical (unpaired) electrons. The van der Waals surface area contributed by atoms with Gasteiger partial charge in [-0.25, -0.2) is 12.8 Å². The van der Waals surface area contributed by atoms with E-state index in [1.807, 2.05) is 0 Å². The van der Waals surface area contributed by atoms with Crippen LogP contribution in [0.15, 0.2) is 33.8 Å². The van der Waals surface area contributed by atoms with Gasteiger partial charge in [-0.15, -0.1) is 0 Å². The number of benzene rings is 1. The number of hydrogen-bond acceptors (Lipinski definition) is 5. The van der Waals surface area contributed by atoms with Gasteiger partial charge in [-0.1, -0.05) is 11.2 Å². The topological polar surface area (TPSA) is 86.2 Å². The Morgan fingerprint density at radius 2 is 2.12 bits per heavy atom. The molecule has 0 fully saturated rings. The van der Waals surface area contributed by atoms with Crippen molar-refractivity contribution in [2.24, 2.45) is 0 Å². The minimum atomic E-state index is -3.57. The minimum Gasteiger partial charge on any atom is -0.367 e. The Hall–Kier alpha value is -1.89. The quantitative estimate of drug-likeness (QED) is 0.879. The number of hydrogen-bond donors (Lipinski definition) is 1. The van der Waals surface area contributed by atoms with Crippen LogP contribution >= 0.6 is 0 Å². The van der Waals surface area contributed by atoms with Crippen molar-refractivity contribution in [2.45, 2.75) is 4.90 Å². The Morgan fingerprint density at radius 3 is 2.59 bits per heavy atom. The molecule has 90 valence electrons. The molecule has 0 saturated heterocycles. The molecule has 0 spiro atoms. The van der Waals surface area contributed by atoms with Crippen LogP contribution in [0.1, 0.15) is 0 Å². The molecule has 0 unspecified atom stereocenters. The maximum Gasteiger partial charge on any atom is 0.229 e. The van der Waals surface area contributed by atoms with Gasteiger partial charge in [-0.2, -0.15) is 0 Å². The van der Waals surface area contributed by atoms with Gasteiger partial charge in [0.2, 0.25) is 5.88 Å². The van der Waals surface area contributed by atoms with Crippen LogP contribution in [0.2, 0.25) is 0 Å². The maximum atomic E-state index is 13.6. The average molecular weight is 256 g/mol. The van der Waals surface area contributed by atoms with Gasteiger partial charge < -0.3 is 10.3 Å².